The summed E-state index contributed by atoms with van der Waals surface area (Å²) < 4.78 is 9.79. The van der Waals surface area contributed by atoms with Gasteiger partial charge in [0.2, 0.25) is 6.54 Å². The number of nitrogens with zero attached hydrogens (tertiary/aromatic N) is 1. The number of carbonyl (C=O) groups excluding carboxylic acids is 1. The lowest BCUT2D eigenvalue weighted by Crippen LogP contribution is -2.37. The Balaban J connectivity index is 2.74. The van der Waals surface area contributed by atoms with Crippen LogP contribution in [0, 0.1) is 10.1 Å². The Bertz CT molecular complexity index is 432. The number of rotatable bonds is 7. The molecule has 104 valence electrons. The van der Waals surface area contributed by atoms with Crippen molar-refractivity contribution in [2.24, 2.45) is 0 Å². The van der Waals surface area contributed by atoms with Crippen LogP contribution in [0.2, 0.25) is 0 Å². The number of carbonyl (C=O) groups is 1. The second-order valence-electron chi connectivity index (χ2n) is 3.69. The summed E-state index contributed by atoms with van der Waals surface area (Å²) in [5, 5.41) is 13.3. The van der Waals surface area contributed by atoms with Crippen molar-refractivity contribution in [2.45, 2.75) is 13.0 Å². The van der Waals surface area contributed by atoms with Crippen molar-refractivity contribution in [3.63, 3.8) is 0 Å². The predicted molar refractivity (Wildman–Crippen MR) is 68.9 cm³/mol. The maximum atomic E-state index is 11.6. The van der Waals surface area contributed by atoms with Gasteiger partial charge in [0.1, 0.15) is 5.75 Å². The maximum Gasteiger partial charge on any atom is 0.335 e. The summed E-state index contributed by atoms with van der Waals surface area (Å²) in [6.07, 6.45) is 0. The molecule has 1 aromatic rings. The zero-order valence-electron chi connectivity index (χ0n) is 10.8. The number of nitrogens with one attached hydrogen (secondary N) is 1. The van der Waals surface area contributed by atoms with Crippen LogP contribution in [0.3, 0.4) is 0 Å². The van der Waals surface area contributed by atoms with Gasteiger partial charge >= 0.3 is 5.97 Å². The minimum atomic E-state index is -1.01. The number of hydrogen-bond acceptors (Lipinski definition) is 6. The molecule has 0 heterocycles. The number of anilines is 1. The van der Waals surface area contributed by atoms with Gasteiger partial charge in [-0.1, -0.05) is 0 Å². The molecule has 0 amide bonds. The standard InChI is InChI=1S/C12H16N2O5/c1-3-19-12(15)11(8-14(16)17)13-9-4-6-10(18-2)7-5-9/h4-7,11,13H,3,8H2,1-2H3/t11-/m1/s1. The van der Waals surface area contributed by atoms with Gasteiger partial charge in [-0.05, 0) is 31.2 Å². The Hall–Kier alpha value is -2.31. The lowest BCUT2D eigenvalue weighted by Gasteiger charge is -2.15. The average Bonchev–Trinajstić information content (AvgIpc) is 2.38. The summed E-state index contributed by atoms with van der Waals surface area (Å²) in [5.41, 5.74) is 0.584. The fourth-order valence-electron chi connectivity index (χ4n) is 1.46. The second-order valence-corrected chi connectivity index (χ2v) is 3.69. The van der Waals surface area contributed by atoms with Crippen LogP contribution in [-0.4, -0.2) is 37.2 Å². The van der Waals surface area contributed by atoms with Gasteiger partial charge in [-0.3, -0.25) is 10.1 Å². The van der Waals surface area contributed by atoms with E-state index in [2.05, 4.69) is 5.32 Å². The van der Waals surface area contributed by atoms with Crippen molar-refractivity contribution in [3.8, 4) is 5.75 Å². The van der Waals surface area contributed by atoms with Crippen LogP contribution in [0.4, 0.5) is 5.69 Å². The molecule has 19 heavy (non-hydrogen) atoms. The fraction of sp³-hybridized carbons (Fsp3) is 0.417. The Labute approximate surface area is 110 Å². The van der Waals surface area contributed by atoms with Crippen molar-refractivity contribution in [1.29, 1.82) is 0 Å². The van der Waals surface area contributed by atoms with Crippen LogP contribution in [0.5, 0.6) is 5.75 Å². The van der Waals surface area contributed by atoms with Gasteiger partial charge in [0, 0.05) is 10.6 Å². The van der Waals surface area contributed by atoms with Gasteiger partial charge in [0.15, 0.2) is 6.04 Å². The molecule has 0 unspecified atom stereocenters. The largest absolute Gasteiger partial charge is 0.497 e. The third-order valence-electron chi connectivity index (χ3n) is 2.33. The molecule has 0 spiro atoms. The van der Waals surface area contributed by atoms with Gasteiger partial charge < -0.3 is 14.8 Å². The normalized spacial score (nSPS) is 11.5. The van der Waals surface area contributed by atoms with Gasteiger partial charge in [0.05, 0.1) is 13.7 Å². The first kappa shape index (κ1) is 14.7. The molecule has 1 atom stereocenters. The molecular weight excluding hydrogens is 252 g/mol. The molecule has 0 saturated heterocycles. The molecule has 0 fully saturated rings. The molecule has 1 N–H and O–H groups in total. The van der Waals surface area contributed by atoms with Gasteiger partial charge in [0.25, 0.3) is 0 Å². The smallest absolute Gasteiger partial charge is 0.335 e. The van der Waals surface area contributed by atoms with Crippen LogP contribution >= 0.6 is 0 Å². The highest BCUT2D eigenvalue weighted by Crippen LogP contribution is 2.16. The van der Waals surface area contributed by atoms with E-state index in [1.165, 1.54) is 7.11 Å². The third-order valence-corrected chi connectivity index (χ3v) is 2.33. The zero-order chi connectivity index (χ0) is 14.3. The van der Waals surface area contributed by atoms with E-state index in [9.17, 15) is 14.9 Å². The van der Waals surface area contributed by atoms with Crippen molar-refractivity contribution in [2.75, 3.05) is 25.6 Å². The Morgan fingerprint density at radius 3 is 2.53 bits per heavy atom. The molecule has 0 aromatic heterocycles. The monoisotopic (exact) mass is 268 g/mol. The second kappa shape index (κ2) is 7.20. The summed E-state index contributed by atoms with van der Waals surface area (Å²) >= 11 is 0. The average molecular weight is 268 g/mol. The molecule has 7 nitrogen and oxygen atoms in total. The van der Waals surface area contributed by atoms with E-state index < -0.39 is 23.5 Å². The summed E-state index contributed by atoms with van der Waals surface area (Å²) in [6.45, 7) is 1.29. The van der Waals surface area contributed by atoms with Crippen molar-refractivity contribution >= 4 is 11.7 Å². The maximum absolute atomic E-state index is 11.6. The first-order chi connectivity index (χ1) is 9.06. The van der Waals surface area contributed by atoms with E-state index in [-0.39, 0.29) is 6.61 Å². The highest BCUT2D eigenvalue weighted by molar-refractivity contribution is 5.79. The van der Waals surface area contributed by atoms with E-state index >= 15 is 0 Å². The van der Waals surface area contributed by atoms with Gasteiger partial charge in [-0.25, -0.2) is 4.79 Å². The molecule has 0 aliphatic carbocycles. The quantitative estimate of drug-likeness (QED) is 0.455. The van der Waals surface area contributed by atoms with Crippen LogP contribution in [0.15, 0.2) is 24.3 Å². The molecule has 1 aromatic carbocycles. The minimum absolute atomic E-state index is 0.178. The van der Waals surface area contributed by atoms with E-state index in [0.29, 0.717) is 11.4 Å². The highest BCUT2D eigenvalue weighted by atomic mass is 16.6. The van der Waals surface area contributed by atoms with Crippen molar-refractivity contribution in [3.05, 3.63) is 34.4 Å². The summed E-state index contributed by atoms with van der Waals surface area (Å²) in [5.74, 6) is 0.0162. The fourth-order valence-corrected chi connectivity index (χ4v) is 1.46. The number of esters is 1. The topological polar surface area (TPSA) is 90.7 Å². The van der Waals surface area contributed by atoms with E-state index in [4.69, 9.17) is 9.47 Å². The van der Waals surface area contributed by atoms with E-state index in [1.54, 1.807) is 31.2 Å². The van der Waals surface area contributed by atoms with Gasteiger partial charge in [-0.15, -0.1) is 0 Å². The molecule has 7 heteroatoms. The molecule has 0 bridgehead atoms. The number of methoxy groups -OCH3 is 1. The van der Waals surface area contributed by atoms with Crippen LogP contribution in [-0.2, 0) is 9.53 Å². The van der Waals surface area contributed by atoms with Crippen LogP contribution in [0.25, 0.3) is 0 Å². The van der Waals surface area contributed by atoms with Crippen molar-refractivity contribution < 1.29 is 19.2 Å². The zero-order valence-corrected chi connectivity index (χ0v) is 10.8. The molecule has 0 aliphatic rings. The summed E-state index contributed by atoms with van der Waals surface area (Å²) in [7, 11) is 1.54. The molecular formula is C12H16N2O5. The number of nitro groups is 1. The van der Waals surface area contributed by atoms with Crippen molar-refractivity contribution in [1.82, 2.24) is 0 Å². The number of benzene rings is 1. The Morgan fingerprint density at radius 1 is 1.42 bits per heavy atom. The van der Waals surface area contributed by atoms with Crippen LogP contribution < -0.4 is 10.1 Å². The summed E-state index contributed by atoms with van der Waals surface area (Å²) in [6, 6.07) is 5.71. The minimum Gasteiger partial charge on any atom is -0.497 e. The lowest BCUT2D eigenvalue weighted by molar-refractivity contribution is -0.480. The third kappa shape index (κ3) is 4.82. The Morgan fingerprint density at radius 2 is 2.05 bits per heavy atom. The van der Waals surface area contributed by atoms with E-state index in [1.807, 2.05) is 0 Å². The molecule has 1 rings (SSSR count). The molecule has 0 aliphatic heterocycles. The summed E-state index contributed by atoms with van der Waals surface area (Å²) in [4.78, 5) is 21.6. The lowest BCUT2D eigenvalue weighted by atomic mass is 10.2. The first-order valence-electron chi connectivity index (χ1n) is 5.75. The molecule has 0 saturated carbocycles. The molecule has 0 radical (unpaired) electrons. The Kier molecular flexibility index (Phi) is 5.59. The highest BCUT2D eigenvalue weighted by Gasteiger charge is 2.25. The van der Waals surface area contributed by atoms with Gasteiger partial charge in [-0.2, -0.15) is 0 Å². The number of hydrogen-bond donors (Lipinski definition) is 1. The number of ether oxygens (including phenoxy) is 2. The van der Waals surface area contributed by atoms with E-state index in [0.717, 1.165) is 0 Å². The predicted octanol–water partition coefficient (Wildman–Crippen LogP) is 1.32. The van der Waals surface area contributed by atoms with Crippen LogP contribution in [0.1, 0.15) is 6.92 Å². The SMILES string of the molecule is CCOC(=O)[C@@H](C[N+](=O)[O-])Nc1ccc(OC)cc1. The first-order valence-corrected chi connectivity index (χ1v) is 5.75.